The van der Waals surface area contributed by atoms with Crippen LogP contribution in [0.3, 0.4) is 0 Å². The maximum absolute atomic E-state index is 5.89. The summed E-state index contributed by atoms with van der Waals surface area (Å²) in [5.74, 6) is 0.718. The number of rotatable bonds is 7. The summed E-state index contributed by atoms with van der Waals surface area (Å²) < 4.78 is 5.01. The Hall–Kier alpha value is -1.20. The van der Waals surface area contributed by atoms with Gasteiger partial charge in [0.1, 0.15) is 0 Å². The lowest BCUT2D eigenvalue weighted by Gasteiger charge is -2.16. The van der Waals surface area contributed by atoms with Crippen molar-refractivity contribution in [3.8, 4) is 0 Å². The topological polar surface area (TPSA) is 64.3 Å². The molecule has 96 valence electrons. The van der Waals surface area contributed by atoms with Crippen LogP contribution in [0.5, 0.6) is 0 Å². The fourth-order valence-corrected chi connectivity index (χ4v) is 1.43. The monoisotopic (exact) mass is 238 g/mol. The Morgan fingerprint density at radius 1 is 1.41 bits per heavy atom. The van der Waals surface area contributed by atoms with Crippen molar-refractivity contribution in [2.75, 3.05) is 32.2 Å². The van der Waals surface area contributed by atoms with E-state index < -0.39 is 0 Å². The Bertz CT molecular complexity index is 315. The predicted octanol–water partition coefficient (Wildman–Crippen LogP) is 0.839. The average Bonchev–Trinajstić information content (AvgIpc) is 2.36. The molecule has 1 unspecified atom stereocenters. The highest BCUT2D eigenvalue weighted by atomic mass is 16.5. The van der Waals surface area contributed by atoms with E-state index in [-0.39, 0.29) is 6.04 Å². The largest absolute Gasteiger partial charge is 0.383 e. The molecule has 1 aromatic heterocycles. The zero-order valence-electron chi connectivity index (χ0n) is 10.9. The SMILES string of the molecule is CCC(N)Cc1cnc(N(C)CCOC)nc1. The minimum Gasteiger partial charge on any atom is -0.383 e. The molecule has 1 rings (SSSR count). The molecule has 0 spiro atoms. The molecule has 2 N–H and O–H groups in total. The van der Waals surface area contributed by atoms with E-state index >= 15 is 0 Å². The van der Waals surface area contributed by atoms with Crippen LogP contribution < -0.4 is 10.6 Å². The van der Waals surface area contributed by atoms with Gasteiger partial charge in [-0.25, -0.2) is 9.97 Å². The van der Waals surface area contributed by atoms with Gasteiger partial charge in [-0.3, -0.25) is 0 Å². The lowest BCUT2D eigenvalue weighted by atomic mass is 10.1. The Labute approximate surface area is 103 Å². The molecule has 0 aromatic carbocycles. The molecule has 1 heterocycles. The molecule has 0 amide bonds. The molecule has 0 aliphatic carbocycles. The summed E-state index contributed by atoms with van der Waals surface area (Å²) in [5, 5.41) is 0. The molecule has 0 aliphatic rings. The van der Waals surface area contributed by atoms with E-state index in [1.54, 1.807) is 7.11 Å². The van der Waals surface area contributed by atoms with Gasteiger partial charge in [0.05, 0.1) is 6.61 Å². The van der Waals surface area contributed by atoms with E-state index in [1.807, 2.05) is 24.3 Å². The summed E-state index contributed by atoms with van der Waals surface area (Å²) in [6, 6.07) is 0.190. The summed E-state index contributed by atoms with van der Waals surface area (Å²) in [6.07, 6.45) is 5.50. The van der Waals surface area contributed by atoms with Gasteiger partial charge in [-0.2, -0.15) is 0 Å². The first-order chi connectivity index (χ1) is 8.17. The second-order valence-corrected chi connectivity index (χ2v) is 4.18. The molecular weight excluding hydrogens is 216 g/mol. The molecule has 0 radical (unpaired) electrons. The Morgan fingerprint density at radius 3 is 2.59 bits per heavy atom. The third kappa shape index (κ3) is 4.66. The number of hydrogen-bond donors (Lipinski definition) is 1. The zero-order chi connectivity index (χ0) is 12.7. The van der Waals surface area contributed by atoms with Crippen molar-refractivity contribution in [3.63, 3.8) is 0 Å². The van der Waals surface area contributed by atoms with Crippen molar-refractivity contribution in [1.29, 1.82) is 0 Å². The summed E-state index contributed by atoms with van der Waals surface area (Å²) in [6.45, 7) is 3.53. The van der Waals surface area contributed by atoms with Gasteiger partial charge in [0.15, 0.2) is 0 Å². The zero-order valence-corrected chi connectivity index (χ0v) is 10.9. The molecule has 1 aromatic rings. The van der Waals surface area contributed by atoms with Crippen LogP contribution in [0.1, 0.15) is 18.9 Å². The van der Waals surface area contributed by atoms with Gasteiger partial charge in [-0.1, -0.05) is 6.92 Å². The van der Waals surface area contributed by atoms with Crippen molar-refractivity contribution in [2.24, 2.45) is 5.73 Å². The van der Waals surface area contributed by atoms with Crippen LogP contribution in [0.4, 0.5) is 5.95 Å². The van der Waals surface area contributed by atoms with Crippen molar-refractivity contribution < 1.29 is 4.74 Å². The van der Waals surface area contributed by atoms with Crippen LogP contribution in [0, 0.1) is 0 Å². The number of methoxy groups -OCH3 is 1. The average molecular weight is 238 g/mol. The fourth-order valence-electron chi connectivity index (χ4n) is 1.43. The van der Waals surface area contributed by atoms with Gasteiger partial charge < -0.3 is 15.4 Å². The molecule has 0 saturated heterocycles. The van der Waals surface area contributed by atoms with E-state index in [0.29, 0.717) is 6.61 Å². The second-order valence-electron chi connectivity index (χ2n) is 4.18. The van der Waals surface area contributed by atoms with Crippen LogP contribution in [-0.4, -0.2) is 43.3 Å². The summed E-state index contributed by atoms with van der Waals surface area (Å²) >= 11 is 0. The lowest BCUT2D eigenvalue weighted by Crippen LogP contribution is -2.25. The first-order valence-corrected chi connectivity index (χ1v) is 5.94. The Balaban J connectivity index is 2.54. The fraction of sp³-hybridized carbons (Fsp3) is 0.667. The normalized spacial score (nSPS) is 12.5. The van der Waals surface area contributed by atoms with Crippen molar-refractivity contribution in [3.05, 3.63) is 18.0 Å². The van der Waals surface area contributed by atoms with Gasteiger partial charge in [0.25, 0.3) is 0 Å². The minimum atomic E-state index is 0.190. The third-order valence-electron chi connectivity index (χ3n) is 2.69. The highest BCUT2D eigenvalue weighted by molar-refractivity contribution is 5.28. The molecule has 5 nitrogen and oxygen atoms in total. The van der Waals surface area contributed by atoms with E-state index in [4.69, 9.17) is 10.5 Å². The van der Waals surface area contributed by atoms with Crippen molar-refractivity contribution in [1.82, 2.24) is 9.97 Å². The van der Waals surface area contributed by atoms with Crippen LogP contribution in [0.25, 0.3) is 0 Å². The standard InChI is InChI=1S/C12H22N4O/c1-4-11(13)7-10-8-14-12(15-9-10)16(2)5-6-17-3/h8-9,11H,4-7,13H2,1-3H3. The molecule has 0 saturated carbocycles. The molecule has 17 heavy (non-hydrogen) atoms. The second kappa shape index (κ2) is 7.19. The molecule has 1 atom stereocenters. The van der Waals surface area contributed by atoms with Crippen LogP contribution in [0.2, 0.25) is 0 Å². The van der Waals surface area contributed by atoms with Gasteiger partial charge in [0.2, 0.25) is 5.95 Å². The number of nitrogens with two attached hydrogens (primary N) is 1. The third-order valence-corrected chi connectivity index (χ3v) is 2.69. The Morgan fingerprint density at radius 2 is 2.06 bits per heavy atom. The number of nitrogens with zero attached hydrogens (tertiary/aromatic N) is 3. The van der Waals surface area contributed by atoms with E-state index in [9.17, 15) is 0 Å². The van der Waals surface area contributed by atoms with E-state index in [0.717, 1.165) is 30.9 Å². The molecular formula is C12H22N4O. The van der Waals surface area contributed by atoms with Gasteiger partial charge in [-0.05, 0) is 18.4 Å². The molecule has 0 fully saturated rings. The lowest BCUT2D eigenvalue weighted by molar-refractivity contribution is 0.206. The first kappa shape index (κ1) is 13.9. The number of ether oxygens (including phenoxy) is 1. The molecule has 0 aliphatic heterocycles. The predicted molar refractivity (Wildman–Crippen MR) is 69.1 cm³/mol. The number of hydrogen-bond acceptors (Lipinski definition) is 5. The van der Waals surface area contributed by atoms with Crippen molar-refractivity contribution >= 4 is 5.95 Å². The van der Waals surface area contributed by atoms with Crippen LogP contribution >= 0.6 is 0 Å². The van der Waals surface area contributed by atoms with Gasteiger partial charge >= 0.3 is 0 Å². The molecule has 5 heteroatoms. The number of anilines is 1. The van der Waals surface area contributed by atoms with Gasteiger partial charge in [-0.15, -0.1) is 0 Å². The molecule has 0 bridgehead atoms. The van der Waals surface area contributed by atoms with Crippen LogP contribution in [-0.2, 0) is 11.2 Å². The van der Waals surface area contributed by atoms with Gasteiger partial charge in [0, 0.05) is 39.1 Å². The number of likely N-dealkylation sites (N-methyl/N-ethyl adjacent to an activating group) is 1. The number of aromatic nitrogens is 2. The maximum atomic E-state index is 5.89. The summed E-state index contributed by atoms with van der Waals surface area (Å²) in [5.41, 5.74) is 6.97. The van der Waals surface area contributed by atoms with E-state index in [2.05, 4.69) is 16.9 Å². The Kier molecular flexibility index (Phi) is 5.86. The highest BCUT2D eigenvalue weighted by Crippen LogP contribution is 2.07. The smallest absolute Gasteiger partial charge is 0.225 e. The van der Waals surface area contributed by atoms with E-state index in [1.165, 1.54) is 0 Å². The quantitative estimate of drug-likeness (QED) is 0.762. The highest BCUT2D eigenvalue weighted by Gasteiger charge is 2.05. The van der Waals surface area contributed by atoms with Crippen molar-refractivity contribution in [2.45, 2.75) is 25.8 Å². The minimum absolute atomic E-state index is 0.190. The summed E-state index contributed by atoms with van der Waals surface area (Å²) in [4.78, 5) is 10.6. The summed E-state index contributed by atoms with van der Waals surface area (Å²) in [7, 11) is 3.63. The van der Waals surface area contributed by atoms with Crippen LogP contribution in [0.15, 0.2) is 12.4 Å². The first-order valence-electron chi connectivity index (χ1n) is 5.94. The maximum Gasteiger partial charge on any atom is 0.225 e.